The number of hydrogen-bond donors (Lipinski definition) is 1. The molecule has 0 aromatic heterocycles. The van der Waals surface area contributed by atoms with Gasteiger partial charge in [0.1, 0.15) is 0 Å². The highest BCUT2D eigenvalue weighted by Gasteiger charge is 2.21. The van der Waals surface area contributed by atoms with Gasteiger partial charge in [0.05, 0.1) is 0 Å². The Kier molecular flexibility index (Phi) is 4.29. The number of hydrogen-bond acceptors (Lipinski definition) is 1. The highest BCUT2D eigenvalue weighted by molar-refractivity contribution is 6.16. The Morgan fingerprint density at radius 1 is 0.351 bits per heavy atom. The van der Waals surface area contributed by atoms with E-state index in [9.17, 15) is 0 Å². The van der Waals surface area contributed by atoms with Crippen molar-refractivity contribution in [2.75, 3.05) is 5.32 Å². The van der Waals surface area contributed by atoms with Crippen LogP contribution in [-0.4, -0.2) is 0 Å². The molecule has 0 saturated carbocycles. The highest BCUT2D eigenvalue weighted by atomic mass is 14.9. The predicted octanol–water partition coefficient (Wildman–Crippen LogP) is 10.2. The molecule has 172 valence electrons. The van der Waals surface area contributed by atoms with Crippen LogP contribution in [0.15, 0.2) is 133 Å². The normalized spacial score (nSPS) is 11.8. The largest absolute Gasteiger partial charge is 0.355 e. The van der Waals surface area contributed by atoms with Crippen LogP contribution in [0.4, 0.5) is 11.4 Å². The van der Waals surface area contributed by atoms with E-state index in [4.69, 9.17) is 0 Å². The van der Waals surface area contributed by atoms with E-state index in [1.165, 1.54) is 65.7 Å². The van der Waals surface area contributed by atoms with Gasteiger partial charge in [-0.3, -0.25) is 0 Å². The zero-order valence-corrected chi connectivity index (χ0v) is 20.2. The molecule has 7 aromatic carbocycles. The van der Waals surface area contributed by atoms with Crippen molar-refractivity contribution in [2.24, 2.45) is 0 Å². The summed E-state index contributed by atoms with van der Waals surface area (Å²) in [5.74, 6) is 0. The van der Waals surface area contributed by atoms with Crippen LogP contribution >= 0.6 is 0 Å². The lowest BCUT2D eigenvalue weighted by Crippen LogP contribution is -1.91. The SMILES string of the molecule is c1ccc2c(c1)-c1cccc3cc(Nc4ccc(-c5ccc6c(ccc7ccccc76)c5)cc4)cc-2c13. The first kappa shape index (κ1) is 20.3. The van der Waals surface area contributed by atoms with Gasteiger partial charge in [-0.05, 0) is 96.0 Å². The summed E-state index contributed by atoms with van der Waals surface area (Å²) in [6.45, 7) is 0. The van der Waals surface area contributed by atoms with E-state index in [1.54, 1.807) is 0 Å². The molecule has 1 aliphatic rings. The van der Waals surface area contributed by atoms with E-state index in [0.29, 0.717) is 0 Å². The second-order valence-corrected chi connectivity index (χ2v) is 9.90. The van der Waals surface area contributed by atoms with E-state index in [0.717, 1.165) is 11.4 Å². The van der Waals surface area contributed by atoms with Crippen LogP contribution in [0.1, 0.15) is 0 Å². The summed E-state index contributed by atoms with van der Waals surface area (Å²) in [5, 5.41) is 11.4. The van der Waals surface area contributed by atoms with Crippen LogP contribution in [0.3, 0.4) is 0 Å². The fourth-order valence-electron chi connectivity index (χ4n) is 6.00. The first-order valence-corrected chi connectivity index (χ1v) is 12.8. The maximum absolute atomic E-state index is 3.65. The van der Waals surface area contributed by atoms with Gasteiger partial charge in [-0.25, -0.2) is 0 Å². The smallest absolute Gasteiger partial charge is 0.0396 e. The molecule has 0 aliphatic heterocycles. The Bertz CT molecular complexity index is 2000. The zero-order valence-electron chi connectivity index (χ0n) is 20.2. The molecule has 0 bridgehead atoms. The van der Waals surface area contributed by atoms with Gasteiger partial charge in [-0.15, -0.1) is 0 Å². The molecule has 8 rings (SSSR count). The molecule has 0 amide bonds. The average Bonchev–Trinajstić information content (AvgIpc) is 3.28. The first-order valence-electron chi connectivity index (χ1n) is 12.8. The summed E-state index contributed by atoms with van der Waals surface area (Å²) < 4.78 is 0. The van der Waals surface area contributed by atoms with Gasteiger partial charge in [0.2, 0.25) is 0 Å². The topological polar surface area (TPSA) is 12.0 Å². The molecule has 0 unspecified atom stereocenters. The summed E-state index contributed by atoms with van der Waals surface area (Å²) >= 11 is 0. The van der Waals surface area contributed by atoms with E-state index in [1.807, 2.05) is 0 Å². The van der Waals surface area contributed by atoms with Crippen LogP contribution < -0.4 is 5.32 Å². The monoisotopic (exact) mass is 469 g/mol. The third kappa shape index (κ3) is 3.18. The lowest BCUT2D eigenvalue weighted by atomic mass is 9.97. The number of fused-ring (bicyclic) bond motifs is 6. The highest BCUT2D eigenvalue weighted by Crippen LogP contribution is 2.48. The van der Waals surface area contributed by atoms with Crippen molar-refractivity contribution in [2.45, 2.75) is 0 Å². The Hall–Kier alpha value is -4.88. The lowest BCUT2D eigenvalue weighted by molar-refractivity contribution is 1.56. The van der Waals surface area contributed by atoms with Gasteiger partial charge in [0.25, 0.3) is 0 Å². The van der Waals surface area contributed by atoms with Crippen molar-refractivity contribution in [3.8, 4) is 33.4 Å². The Morgan fingerprint density at radius 3 is 1.92 bits per heavy atom. The average molecular weight is 470 g/mol. The van der Waals surface area contributed by atoms with Crippen molar-refractivity contribution in [3.63, 3.8) is 0 Å². The van der Waals surface area contributed by atoms with Crippen molar-refractivity contribution in [3.05, 3.63) is 133 Å². The number of anilines is 2. The summed E-state index contributed by atoms with van der Waals surface area (Å²) in [5.41, 5.74) is 9.94. The summed E-state index contributed by atoms with van der Waals surface area (Å²) in [6, 6.07) is 48.5. The maximum Gasteiger partial charge on any atom is 0.0396 e. The van der Waals surface area contributed by atoms with Crippen LogP contribution in [0.5, 0.6) is 0 Å². The van der Waals surface area contributed by atoms with Gasteiger partial charge in [0, 0.05) is 11.4 Å². The van der Waals surface area contributed by atoms with E-state index >= 15 is 0 Å². The minimum atomic E-state index is 1.09. The molecule has 1 nitrogen and oxygen atoms in total. The van der Waals surface area contributed by atoms with E-state index in [2.05, 4.69) is 139 Å². The molecule has 7 aromatic rings. The Balaban J connectivity index is 1.13. The fourth-order valence-corrected chi connectivity index (χ4v) is 6.00. The number of rotatable bonds is 3. The zero-order chi connectivity index (χ0) is 24.3. The van der Waals surface area contributed by atoms with Gasteiger partial charge in [-0.1, -0.05) is 103 Å². The van der Waals surface area contributed by atoms with Gasteiger partial charge >= 0.3 is 0 Å². The van der Waals surface area contributed by atoms with Crippen molar-refractivity contribution in [1.29, 1.82) is 0 Å². The molecule has 0 saturated heterocycles. The Morgan fingerprint density at radius 2 is 1.03 bits per heavy atom. The van der Waals surface area contributed by atoms with Gasteiger partial charge < -0.3 is 5.32 Å². The lowest BCUT2D eigenvalue weighted by Gasteiger charge is -2.12. The Labute approximate surface area is 215 Å². The third-order valence-electron chi connectivity index (χ3n) is 7.74. The standard InChI is InChI=1S/C36H23N/c1-2-8-30-24(6-1)12-13-26-20-25(16-19-31(26)30)23-14-17-28(18-15-23)37-29-21-27-7-5-11-34-32-9-3-4-10-33(32)35(22-29)36(27)34/h1-22,37H. The van der Waals surface area contributed by atoms with Crippen LogP contribution in [-0.2, 0) is 0 Å². The molecule has 0 spiro atoms. The molecular formula is C36H23N. The first-order chi connectivity index (χ1) is 18.3. The van der Waals surface area contributed by atoms with Crippen molar-refractivity contribution < 1.29 is 0 Å². The molecule has 37 heavy (non-hydrogen) atoms. The van der Waals surface area contributed by atoms with Gasteiger partial charge in [-0.2, -0.15) is 0 Å². The van der Waals surface area contributed by atoms with E-state index in [-0.39, 0.29) is 0 Å². The second kappa shape index (κ2) is 7.81. The van der Waals surface area contributed by atoms with Gasteiger partial charge in [0.15, 0.2) is 0 Å². The summed E-state index contributed by atoms with van der Waals surface area (Å²) in [7, 11) is 0. The second-order valence-electron chi connectivity index (χ2n) is 9.90. The molecular weight excluding hydrogens is 446 g/mol. The molecule has 1 heteroatoms. The molecule has 1 N–H and O–H groups in total. The van der Waals surface area contributed by atoms with Crippen LogP contribution in [0, 0.1) is 0 Å². The molecule has 0 heterocycles. The van der Waals surface area contributed by atoms with Crippen LogP contribution in [0.2, 0.25) is 0 Å². The third-order valence-corrected chi connectivity index (χ3v) is 7.74. The van der Waals surface area contributed by atoms with Crippen molar-refractivity contribution >= 4 is 43.7 Å². The quantitative estimate of drug-likeness (QED) is 0.254. The van der Waals surface area contributed by atoms with E-state index < -0.39 is 0 Å². The fraction of sp³-hybridized carbons (Fsp3) is 0. The molecule has 1 aliphatic carbocycles. The number of benzene rings is 7. The predicted molar refractivity (Wildman–Crippen MR) is 159 cm³/mol. The van der Waals surface area contributed by atoms with Crippen LogP contribution in [0.25, 0.3) is 65.7 Å². The number of nitrogens with one attached hydrogen (secondary N) is 1. The molecule has 0 atom stereocenters. The summed E-state index contributed by atoms with van der Waals surface area (Å²) in [6.07, 6.45) is 0. The molecule has 0 fully saturated rings. The molecule has 0 radical (unpaired) electrons. The minimum Gasteiger partial charge on any atom is -0.355 e. The summed E-state index contributed by atoms with van der Waals surface area (Å²) in [4.78, 5) is 0. The van der Waals surface area contributed by atoms with Crippen molar-refractivity contribution in [1.82, 2.24) is 0 Å². The minimum absolute atomic E-state index is 1.09. The maximum atomic E-state index is 3.65.